The van der Waals surface area contributed by atoms with Gasteiger partial charge >= 0.3 is 0 Å². The van der Waals surface area contributed by atoms with Gasteiger partial charge in [-0.3, -0.25) is 0 Å². The van der Waals surface area contributed by atoms with Gasteiger partial charge in [0.25, 0.3) is 0 Å². The minimum atomic E-state index is -2.00. The summed E-state index contributed by atoms with van der Waals surface area (Å²) in [5.41, 5.74) is 1.32. The summed E-state index contributed by atoms with van der Waals surface area (Å²) >= 11 is 0. The molecule has 0 amide bonds. The fourth-order valence-corrected chi connectivity index (χ4v) is 6.58. The quantitative estimate of drug-likeness (QED) is 0.665. The van der Waals surface area contributed by atoms with Crippen molar-refractivity contribution in [1.82, 2.24) is 0 Å². The van der Waals surface area contributed by atoms with Crippen LogP contribution >= 0.6 is 0 Å². The molecule has 0 radical (unpaired) electrons. The molecule has 124 valence electrons. The van der Waals surface area contributed by atoms with Gasteiger partial charge in [-0.25, -0.2) is 4.39 Å². The molecule has 7 atom stereocenters. The zero-order valence-corrected chi connectivity index (χ0v) is 13.8. The van der Waals surface area contributed by atoms with Crippen LogP contribution in [0.4, 0.5) is 4.39 Å². The van der Waals surface area contributed by atoms with Crippen LogP contribution in [-0.4, -0.2) is 22.2 Å². The van der Waals surface area contributed by atoms with Crippen LogP contribution < -0.4 is 0 Å². The highest BCUT2D eigenvalue weighted by Crippen LogP contribution is 2.65. The SMILES string of the molecule is C[C@]12CC[C@H]3[C@@H](CC=C4C[C@@](O)(F)CC[C@@]43C)[C@@H]1CC[C@@H]2O. The molecule has 0 unspecified atom stereocenters. The first-order valence-corrected chi connectivity index (χ1v) is 9.05. The number of hydrogen-bond donors (Lipinski definition) is 2. The van der Waals surface area contributed by atoms with Crippen molar-refractivity contribution in [3.63, 3.8) is 0 Å². The Balaban J connectivity index is 1.67. The van der Waals surface area contributed by atoms with E-state index < -0.39 is 5.85 Å². The Labute approximate surface area is 132 Å². The first-order valence-electron chi connectivity index (χ1n) is 9.05. The minimum Gasteiger partial charge on any atom is -0.393 e. The molecule has 0 bridgehead atoms. The Morgan fingerprint density at radius 2 is 1.86 bits per heavy atom. The molecule has 2 N–H and O–H groups in total. The smallest absolute Gasteiger partial charge is 0.210 e. The molecule has 0 saturated heterocycles. The fraction of sp³-hybridized carbons (Fsp3) is 0.895. The molecule has 0 heterocycles. The van der Waals surface area contributed by atoms with Gasteiger partial charge in [-0.05, 0) is 67.1 Å². The lowest BCUT2D eigenvalue weighted by molar-refractivity contribution is -0.135. The number of rotatable bonds is 0. The van der Waals surface area contributed by atoms with E-state index in [1.807, 2.05) is 0 Å². The van der Waals surface area contributed by atoms with Crippen LogP contribution in [-0.2, 0) is 0 Å². The van der Waals surface area contributed by atoms with Crippen molar-refractivity contribution < 1.29 is 14.6 Å². The Morgan fingerprint density at radius 3 is 2.64 bits per heavy atom. The predicted molar refractivity (Wildman–Crippen MR) is 83.8 cm³/mol. The lowest BCUT2D eigenvalue weighted by atomic mass is 9.48. The lowest BCUT2D eigenvalue weighted by Crippen LogP contribution is -2.52. The number of aliphatic hydroxyl groups is 2. The Morgan fingerprint density at radius 1 is 1.09 bits per heavy atom. The molecule has 0 aliphatic heterocycles. The molecule has 4 aliphatic rings. The topological polar surface area (TPSA) is 40.5 Å². The molecular weight excluding hydrogens is 279 g/mol. The van der Waals surface area contributed by atoms with Gasteiger partial charge in [0.05, 0.1) is 6.10 Å². The van der Waals surface area contributed by atoms with Gasteiger partial charge in [0, 0.05) is 12.8 Å². The third-order valence-electron chi connectivity index (χ3n) is 8.06. The fourth-order valence-electron chi connectivity index (χ4n) is 6.58. The molecule has 22 heavy (non-hydrogen) atoms. The van der Waals surface area contributed by atoms with Crippen LogP contribution in [0.1, 0.15) is 65.2 Å². The summed E-state index contributed by atoms with van der Waals surface area (Å²) in [5.74, 6) is -0.144. The van der Waals surface area contributed by atoms with E-state index in [0.29, 0.717) is 17.8 Å². The van der Waals surface area contributed by atoms with E-state index in [9.17, 15) is 14.6 Å². The number of fused-ring (bicyclic) bond motifs is 5. The first kappa shape index (κ1) is 15.1. The van der Waals surface area contributed by atoms with E-state index in [-0.39, 0.29) is 29.8 Å². The summed E-state index contributed by atoms with van der Waals surface area (Å²) in [7, 11) is 0. The highest BCUT2D eigenvalue weighted by atomic mass is 19.2. The minimum absolute atomic E-state index is 0.0656. The van der Waals surface area contributed by atoms with E-state index in [1.165, 1.54) is 0 Å². The third kappa shape index (κ3) is 1.91. The molecule has 3 heteroatoms. The molecule has 0 aromatic rings. The van der Waals surface area contributed by atoms with Gasteiger partial charge < -0.3 is 10.2 Å². The van der Waals surface area contributed by atoms with Crippen molar-refractivity contribution in [1.29, 1.82) is 0 Å². The van der Waals surface area contributed by atoms with E-state index in [0.717, 1.165) is 44.1 Å². The second-order valence-electron chi connectivity index (χ2n) is 8.99. The largest absolute Gasteiger partial charge is 0.393 e. The van der Waals surface area contributed by atoms with E-state index >= 15 is 0 Å². The monoisotopic (exact) mass is 308 g/mol. The Kier molecular flexibility index (Phi) is 3.14. The van der Waals surface area contributed by atoms with Gasteiger partial charge in [-0.15, -0.1) is 0 Å². The Bertz CT molecular complexity index is 514. The van der Waals surface area contributed by atoms with E-state index in [1.54, 1.807) is 0 Å². The molecule has 3 fully saturated rings. The maximum absolute atomic E-state index is 14.0. The van der Waals surface area contributed by atoms with E-state index in [4.69, 9.17) is 0 Å². The summed E-state index contributed by atoms with van der Waals surface area (Å²) in [6.07, 6.45) is 8.69. The first-order chi connectivity index (χ1) is 10.3. The van der Waals surface area contributed by atoms with Crippen LogP contribution in [0.2, 0.25) is 0 Å². The molecule has 4 aliphatic carbocycles. The number of allylic oxidation sites excluding steroid dienone is 1. The van der Waals surface area contributed by atoms with Crippen LogP contribution in [0.25, 0.3) is 0 Å². The van der Waals surface area contributed by atoms with Crippen molar-refractivity contribution in [3.8, 4) is 0 Å². The molecule has 2 nitrogen and oxygen atoms in total. The lowest BCUT2D eigenvalue weighted by Gasteiger charge is -2.58. The Hall–Kier alpha value is -0.410. The van der Waals surface area contributed by atoms with Gasteiger partial charge in [0.2, 0.25) is 5.85 Å². The molecule has 4 rings (SSSR count). The van der Waals surface area contributed by atoms with E-state index in [2.05, 4.69) is 19.9 Å². The summed E-state index contributed by atoms with van der Waals surface area (Å²) in [4.78, 5) is 0. The predicted octanol–water partition coefficient (Wildman–Crippen LogP) is 3.97. The van der Waals surface area contributed by atoms with Gasteiger partial charge in [0.15, 0.2) is 0 Å². The van der Waals surface area contributed by atoms with Gasteiger partial charge in [0.1, 0.15) is 0 Å². The van der Waals surface area contributed by atoms with Crippen molar-refractivity contribution >= 4 is 0 Å². The molecule has 0 aromatic heterocycles. The zero-order valence-electron chi connectivity index (χ0n) is 13.8. The highest BCUT2D eigenvalue weighted by molar-refractivity contribution is 5.26. The standard InChI is InChI=1S/C19H29FO2/c1-17-9-10-19(20,22)11-12(17)3-4-13-14-5-6-16(21)18(14,2)8-7-15(13)17/h3,13-16,21-22H,4-11H2,1-2H3/t13-,14-,15-,16-,17-,18-,19+/m0/s1. The van der Waals surface area contributed by atoms with Crippen molar-refractivity contribution in [2.24, 2.45) is 28.6 Å². The summed E-state index contributed by atoms with van der Waals surface area (Å²) in [6, 6.07) is 0. The normalized spacial score (nSPS) is 57.6. The van der Waals surface area contributed by atoms with Crippen LogP contribution in [0.5, 0.6) is 0 Å². The van der Waals surface area contributed by atoms with Gasteiger partial charge in [-0.1, -0.05) is 25.5 Å². The molecular formula is C19H29FO2. The second-order valence-corrected chi connectivity index (χ2v) is 8.99. The maximum atomic E-state index is 14.0. The van der Waals surface area contributed by atoms with Crippen LogP contribution in [0, 0.1) is 28.6 Å². The maximum Gasteiger partial charge on any atom is 0.210 e. The van der Waals surface area contributed by atoms with Crippen molar-refractivity contribution in [2.75, 3.05) is 0 Å². The number of hydrogen-bond acceptors (Lipinski definition) is 2. The average Bonchev–Trinajstić information content (AvgIpc) is 2.76. The number of aliphatic hydroxyl groups excluding tert-OH is 1. The molecule has 0 aromatic carbocycles. The number of halogens is 1. The summed E-state index contributed by atoms with van der Waals surface area (Å²) in [5, 5.41) is 20.3. The second kappa shape index (κ2) is 4.57. The van der Waals surface area contributed by atoms with Crippen molar-refractivity contribution in [2.45, 2.75) is 77.2 Å². The highest BCUT2D eigenvalue weighted by Gasteiger charge is 2.59. The molecule has 0 spiro atoms. The third-order valence-corrected chi connectivity index (χ3v) is 8.06. The van der Waals surface area contributed by atoms with Crippen LogP contribution in [0.15, 0.2) is 11.6 Å². The average molecular weight is 308 g/mol. The molecule has 3 saturated carbocycles. The van der Waals surface area contributed by atoms with Gasteiger partial charge in [-0.2, -0.15) is 0 Å². The summed E-state index contributed by atoms with van der Waals surface area (Å²) < 4.78 is 14.0. The zero-order chi connectivity index (χ0) is 15.8. The summed E-state index contributed by atoms with van der Waals surface area (Å²) in [6.45, 7) is 4.59. The van der Waals surface area contributed by atoms with Crippen LogP contribution in [0.3, 0.4) is 0 Å². The van der Waals surface area contributed by atoms with Crippen molar-refractivity contribution in [3.05, 3.63) is 11.6 Å². The number of alkyl halides is 1.